The maximum atomic E-state index is 13.2. The van der Waals surface area contributed by atoms with Crippen LogP contribution >= 0.6 is 0 Å². The smallest absolute Gasteiger partial charge is 0.282 e. The zero-order valence-electron chi connectivity index (χ0n) is 10.9. The number of nitrogens with one attached hydrogen (secondary N) is 1. The molecule has 1 aromatic carbocycles. The first-order valence-electron chi connectivity index (χ1n) is 6.44. The first kappa shape index (κ1) is 14.4. The number of halogens is 1. The zero-order valence-corrected chi connectivity index (χ0v) is 10.9. The van der Waals surface area contributed by atoms with Gasteiger partial charge in [0.25, 0.3) is 11.6 Å². The number of nitro benzene ring substituents is 1. The molecule has 1 aliphatic rings. The number of hydrogen-bond donors (Lipinski definition) is 2. The Labute approximate surface area is 115 Å². The Morgan fingerprint density at radius 3 is 2.65 bits per heavy atom. The lowest BCUT2D eigenvalue weighted by molar-refractivity contribution is -0.385. The van der Waals surface area contributed by atoms with Crippen LogP contribution in [0, 0.1) is 15.9 Å². The molecule has 0 spiro atoms. The van der Waals surface area contributed by atoms with E-state index >= 15 is 0 Å². The van der Waals surface area contributed by atoms with Crippen molar-refractivity contribution in [1.82, 2.24) is 5.32 Å². The largest absolute Gasteiger partial charge is 0.345 e. The molecule has 0 aromatic heterocycles. The maximum Gasteiger partial charge on any atom is 0.282 e. The summed E-state index contributed by atoms with van der Waals surface area (Å²) >= 11 is 0. The molecule has 0 radical (unpaired) electrons. The molecule has 0 bridgehead atoms. The lowest BCUT2D eigenvalue weighted by atomic mass is 9.97. The van der Waals surface area contributed by atoms with Gasteiger partial charge in [-0.3, -0.25) is 14.9 Å². The summed E-state index contributed by atoms with van der Waals surface area (Å²) in [6, 6.07) is 2.84. The van der Waals surface area contributed by atoms with Gasteiger partial charge in [0.05, 0.1) is 10.5 Å². The van der Waals surface area contributed by atoms with Crippen LogP contribution in [0.25, 0.3) is 0 Å². The molecule has 3 N–H and O–H groups in total. The normalized spacial score (nSPS) is 16.9. The Morgan fingerprint density at radius 1 is 1.45 bits per heavy atom. The molecule has 0 heterocycles. The van der Waals surface area contributed by atoms with E-state index in [-0.39, 0.29) is 12.1 Å². The molecule has 0 saturated heterocycles. The average Bonchev–Trinajstić information content (AvgIpc) is 2.87. The van der Waals surface area contributed by atoms with Gasteiger partial charge in [0, 0.05) is 12.6 Å². The minimum Gasteiger partial charge on any atom is -0.345 e. The van der Waals surface area contributed by atoms with Crippen LogP contribution in [0.5, 0.6) is 0 Å². The third-order valence-electron chi connectivity index (χ3n) is 3.73. The predicted molar refractivity (Wildman–Crippen MR) is 70.8 cm³/mol. The van der Waals surface area contributed by atoms with Gasteiger partial charge in [0.1, 0.15) is 11.4 Å². The molecule has 1 aromatic rings. The summed E-state index contributed by atoms with van der Waals surface area (Å²) < 4.78 is 13.2. The number of hydrogen-bond acceptors (Lipinski definition) is 4. The highest BCUT2D eigenvalue weighted by Gasteiger charge is 2.35. The topological polar surface area (TPSA) is 98.3 Å². The summed E-state index contributed by atoms with van der Waals surface area (Å²) in [6.45, 7) is 0.266. The van der Waals surface area contributed by atoms with Gasteiger partial charge in [-0.05, 0) is 25.0 Å². The van der Waals surface area contributed by atoms with E-state index < -0.39 is 27.9 Å². The fourth-order valence-electron chi connectivity index (χ4n) is 2.59. The van der Waals surface area contributed by atoms with Crippen LogP contribution in [0.4, 0.5) is 10.1 Å². The highest BCUT2D eigenvalue weighted by molar-refractivity contribution is 5.98. The number of amides is 1. The Hall–Kier alpha value is -2.02. The quantitative estimate of drug-likeness (QED) is 0.648. The van der Waals surface area contributed by atoms with Gasteiger partial charge in [-0.15, -0.1) is 0 Å². The zero-order chi connectivity index (χ0) is 14.8. The summed E-state index contributed by atoms with van der Waals surface area (Å²) in [5, 5.41) is 13.6. The molecule has 0 atom stereocenters. The molecule has 6 nitrogen and oxygen atoms in total. The summed E-state index contributed by atoms with van der Waals surface area (Å²) in [5.74, 6) is -1.34. The van der Waals surface area contributed by atoms with Gasteiger partial charge < -0.3 is 11.1 Å². The second-order valence-electron chi connectivity index (χ2n) is 5.06. The van der Waals surface area contributed by atoms with Crippen LogP contribution in [0.2, 0.25) is 0 Å². The van der Waals surface area contributed by atoms with Gasteiger partial charge in [0.2, 0.25) is 0 Å². The van der Waals surface area contributed by atoms with Gasteiger partial charge in [-0.2, -0.15) is 0 Å². The molecule has 0 aliphatic heterocycles. The number of nitrogens with two attached hydrogens (primary N) is 1. The lowest BCUT2D eigenvalue weighted by Crippen LogP contribution is -2.51. The third kappa shape index (κ3) is 2.77. The first-order chi connectivity index (χ1) is 9.47. The summed E-state index contributed by atoms with van der Waals surface area (Å²) in [4.78, 5) is 22.4. The fourth-order valence-corrected chi connectivity index (χ4v) is 2.59. The monoisotopic (exact) mass is 281 g/mol. The fraction of sp³-hybridized carbons (Fsp3) is 0.462. The Balaban J connectivity index is 2.29. The Kier molecular flexibility index (Phi) is 3.99. The van der Waals surface area contributed by atoms with Gasteiger partial charge in [0.15, 0.2) is 0 Å². The van der Waals surface area contributed by atoms with Crippen LogP contribution in [0.15, 0.2) is 18.2 Å². The second-order valence-corrected chi connectivity index (χ2v) is 5.06. The number of carbonyl (C=O) groups excluding carboxylic acids is 1. The highest BCUT2D eigenvalue weighted by atomic mass is 19.1. The van der Waals surface area contributed by atoms with Gasteiger partial charge in [-0.1, -0.05) is 12.8 Å². The highest BCUT2D eigenvalue weighted by Crippen LogP contribution is 2.29. The van der Waals surface area contributed by atoms with Crippen LogP contribution in [0.3, 0.4) is 0 Å². The molecule has 1 amide bonds. The molecule has 0 unspecified atom stereocenters. The van der Waals surface area contributed by atoms with Crippen LogP contribution in [-0.4, -0.2) is 22.9 Å². The van der Waals surface area contributed by atoms with E-state index in [0.29, 0.717) is 0 Å². The van der Waals surface area contributed by atoms with Crippen molar-refractivity contribution in [3.8, 4) is 0 Å². The first-order valence-corrected chi connectivity index (χ1v) is 6.44. The second kappa shape index (κ2) is 5.54. The van der Waals surface area contributed by atoms with Crippen LogP contribution < -0.4 is 11.1 Å². The number of benzene rings is 1. The summed E-state index contributed by atoms with van der Waals surface area (Å²) in [7, 11) is 0. The van der Waals surface area contributed by atoms with Crippen molar-refractivity contribution in [3.63, 3.8) is 0 Å². The minimum absolute atomic E-state index is 0.266. The molecular formula is C13H16FN3O3. The van der Waals surface area contributed by atoms with E-state index in [1.54, 1.807) is 0 Å². The number of nitro groups is 1. The van der Waals surface area contributed by atoms with Crippen molar-refractivity contribution in [2.45, 2.75) is 31.2 Å². The van der Waals surface area contributed by atoms with Crippen molar-refractivity contribution in [3.05, 3.63) is 39.7 Å². The summed E-state index contributed by atoms with van der Waals surface area (Å²) in [5.41, 5.74) is 4.49. The number of rotatable bonds is 4. The Bertz CT molecular complexity index is 542. The van der Waals surface area contributed by atoms with E-state index in [2.05, 4.69) is 5.32 Å². The van der Waals surface area contributed by atoms with E-state index in [1.807, 2.05) is 0 Å². The standard InChI is InChI=1S/C13H16FN3O3/c14-9-3-4-11(17(19)20)10(7-9)12(18)16-13(8-15)5-1-2-6-13/h3-4,7H,1-2,5-6,8,15H2,(H,16,18). The average molecular weight is 281 g/mol. The molecule has 7 heteroatoms. The van der Waals surface area contributed by atoms with E-state index in [4.69, 9.17) is 5.73 Å². The SMILES string of the molecule is NCC1(NC(=O)c2cc(F)ccc2[N+](=O)[O-])CCCC1. The molecule has 2 rings (SSSR count). The van der Waals surface area contributed by atoms with Crippen molar-refractivity contribution in [1.29, 1.82) is 0 Å². The molecule has 1 aliphatic carbocycles. The van der Waals surface area contributed by atoms with Crippen LogP contribution in [-0.2, 0) is 0 Å². The van der Waals surface area contributed by atoms with Crippen molar-refractivity contribution < 1.29 is 14.1 Å². The van der Waals surface area contributed by atoms with Crippen molar-refractivity contribution >= 4 is 11.6 Å². The van der Waals surface area contributed by atoms with E-state index in [1.165, 1.54) is 0 Å². The van der Waals surface area contributed by atoms with Crippen molar-refractivity contribution in [2.24, 2.45) is 5.73 Å². The summed E-state index contributed by atoms with van der Waals surface area (Å²) in [6.07, 6.45) is 3.36. The predicted octanol–water partition coefficient (Wildman–Crippen LogP) is 1.74. The molecule has 1 saturated carbocycles. The molecule has 20 heavy (non-hydrogen) atoms. The minimum atomic E-state index is -0.696. The van der Waals surface area contributed by atoms with Crippen LogP contribution in [0.1, 0.15) is 36.0 Å². The van der Waals surface area contributed by atoms with Gasteiger partial charge in [-0.25, -0.2) is 4.39 Å². The number of nitrogens with zero attached hydrogens (tertiary/aromatic N) is 1. The van der Waals surface area contributed by atoms with E-state index in [0.717, 1.165) is 43.9 Å². The molecular weight excluding hydrogens is 265 g/mol. The van der Waals surface area contributed by atoms with Crippen molar-refractivity contribution in [2.75, 3.05) is 6.54 Å². The third-order valence-corrected chi connectivity index (χ3v) is 3.73. The molecule has 1 fully saturated rings. The van der Waals surface area contributed by atoms with Gasteiger partial charge >= 0.3 is 0 Å². The lowest BCUT2D eigenvalue weighted by Gasteiger charge is -2.28. The maximum absolute atomic E-state index is 13.2. The van der Waals surface area contributed by atoms with E-state index in [9.17, 15) is 19.3 Å². The Morgan fingerprint density at radius 2 is 2.10 bits per heavy atom. The number of carbonyl (C=O) groups is 1. The molecule has 108 valence electrons.